The highest BCUT2D eigenvalue weighted by Crippen LogP contribution is 2.16. The van der Waals surface area contributed by atoms with Crippen LogP contribution in [0.4, 0.5) is 0 Å². The van der Waals surface area contributed by atoms with Gasteiger partial charge in [-0.3, -0.25) is 4.79 Å². The minimum atomic E-state index is -0.114. The van der Waals surface area contributed by atoms with E-state index in [1.165, 1.54) is 0 Å². The van der Waals surface area contributed by atoms with Gasteiger partial charge in [-0.2, -0.15) is 5.26 Å². The molecule has 0 fully saturated rings. The van der Waals surface area contributed by atoms with Crippen LogP contribution in [-0.2, 0) is 0 Å². The quantitative estimate of drug-likeness (QED) is 0.570. The fourth-order valence-corrected chi connectivity index (χ4v) is 1.46. The first-order valence-electron chi connectivity index (χ1n) is 3.54. The standard InChI is InChI=1S/C9H6ClNOS/c10-8-4-2-1-3-7(8)9(12)5-13-6-11/h1-4H,5H2. The van der Waals surface area contributed by atoms with E-state index in [9.17, 15) is 4.79 Å². The number of hydrogen-bond acceptors (Lipinski definition) is 3. The van der Waals surface area contributed by atoms with Crippen molar-refractivity contribution in [3.05, 3.63) is 34.9 Å². The predicted octanol–water partition coefficient (Wildman–Crippen LogP) is 2.74. The van der Waals surface area contributed by atoms with Crippen LogP contribution in [0.25, 0.3) is 0 Å². The van der Waals surface area contributed by atoms with Crippen LogP contribution in [0.5, 0.6) is 0 Å². The van der Waals surface area contributed by atoms with Crippen LogP contribution in [-0.4, -0.2) is 11.5 Å². The summed E-state index contributed by atoms with van der Waals surface area (Å²) in [6, 6.07) is 6.82. The molecule has 0 heterocycles. The Labute approximate surface area is 85.5 Å². The number of benzene rings is 1. The van der Waals surface area contributed by atoms with Gasteiger partial charge < -0.3 is 0 Å². The number of thiocyanates is 1. The van der Waals surface area contributed by atoms with Crippen molar-refractivity contribution in [3.63, 3.8) is 0 Å². The summed E-state index contributed by atoms with van der Waals surface area (Å²) in [7, 11) is 0. The lowest BCUT2D eigenvalue weighted by molar-refractivity contribution is 0.102. The number of carbonyl (C=O) groups excluding carboxylic acids is 1. The van der Waals surface area contributed by atoms with Crippen LogP contribution in [0.2, 0.25) is 5.02 Å². The molecule has 0 aliphatic heterocycles. The second-order valence-corrected chi connectivity index (χ2v) is 3.45. The lowest BCUT2D eigenvalue weighted by Crippen LogP contribution is -2.02. The fourth-order valence-electron chi connectivity index (χ4n) is 0.863. The van der Waals surface area contributed by atoms with Crippen molar-refractivity contribution < 1.29 is 4.79 Å². The van der Waals surface area contributed by atoms with Crippen molar-refractivity contribution in [2.24, 2.45) is 0 Å². The maximum Gasteiger partial charge on any atom is 0.175 e. The largest absolute Gasteiger partial charge is 0.293 e. The summed E-state index contributed by atoms with van der Waals surface area (Å²) in [5.74, 6) is 0.0393. The van der Waals surface area contributed by atoms with Gasteiger partial charge in [-0.25, -0.2) is 0 Å². The third kappa shape index (κ3) is 2.76. The lowest BCUT2D eigenvalue weighted by Gasteiger charge is -1.99. The smallest absolute Gasteiger partial charge is 0.175 e. The van der Waals surface area contributed by atoms with Crippen LogP contribution >= 0.6 is 23.4 Å². The molecule has 66 valence electrons. The summed E-state index contributed by atoms with van der Waals surface area (Å²) in [6.45, 7) is 0. The average molecular weight is 212 g/mol. The molecule has 13 heavy (non-hydrogen) atoms. The summed E-state index contributed by atoms with van der Waals surface area (Å²) in [5, 5.41) is 10.5. The number of ketones is 1. The van der Waals surface area contributed by atoms with Gasteiger partial charge in [0.05, 0.1) is 10.8 Å². The summed E-state index contributed by atoms with van der Waals surface area (Å²) < 4.78 is 0. The molecule has 0 saturated heterocycles. The monoisotopic (exact) mass is 211 g/mol. The Hall–Kier alpha value is -0.980. The molecule has 0 bridgehead atoms. The van der Waals surface area contributed by atoms with Crippen molar-refractivity contribution >= 4 is 29.1 Å². The first kappa shape index (κ1) is 10.1. The summed E-state index contributed by atoms with van der Waals surface area (Å²) in [5.41, 5.74) is 0.479. The van der Waals surface area contributed by atoms with Gasteiger partial charge in [0.2, 0.25) is 0 Å². The highest BCUT2D eigenvalue weighted by Gasteiger charge is 2.08. The molecule has 1 aromatic rings. The molecule has 0 aliphatic rings. The number of nitriles is 1. The van der Waals surface area contributed by atoms with Crippen molar-refractivity contribution in [2.75, 3.05) is 5.75 Å². The summed E-state index contributed by atoms with van der Waals surface area (Å²) >= 11 is 6.70. The Morgan fingerprint density at radius 2 is 2.23 bits per heavy atom. The molecule has 4 heteroatoms. The van der Waals surface area contributed by atoms with E-state index in [4.69, 9.17) is 16.9 Å². The van der Waals surface area contributed by atoms with E-state index in [1.54, 1.807) is 24.3 Å². The van der Waals surface area contributed by atoms with Gasteiger partial charge in [-0.15, -0.1) is 0 Å². The number of hydrogen-bond donors (Lipinski definition) is 0. The topological polar surface area (TPSA) is 40.9 Å². The molecule has 0 radical (unpaired) electrons. The zero-order valence-electron chi connectivity index (χ0n) is 6.66. The Bertz CT molecular complexity index is 359. The van der Waals surface area contributed by atoms with Crippen molar-refractivity contribution in [1.82, 2.24) is 0 Å². The second-order valence-electron chi connectivity index (χ2n) is 2.28. The van der Waals surface area contributed by atoms with Crippen LogP contribution in [0.3, 0.4) is 0 Å². The van der Waals surface area contributed by atoms with Gasteiger partial charge in [0.25, 0.3) is 0 Å². The zero-order valence-corrected chi connectivity index (χ0v) is 8.23. The zero-order chi connectivity index (χ0) is 9.68. The number of rotatable bonds is 3. The molecule has 0 amide bonds. The average Bonchev–Trinajstić information content (AvgIpc) is 2.15. The molecule has 0 spiro atoms. The molecule has 2 nitrogen and oxygen atoms in total. The van der Waals surface area contributed by atoms with Gasteiger partial charge in [0.15, 0.2) is 5.78 Å². The highest BCUT2D eigenvalue weighted by atomic mass is 35.5. The molecule has 0 N–H and O–H groups in total. The van der Waals surface area contributed by atoms with Crippen LogP contribution in [0, 0.1) is 10.7 Å². The van der Waals surface area contributed by atoms with Crippen LogP contribution < -0.4 is 0 Å². The van der Waals surface area contributed by atoms with Gasteiger partial charge >= 0.3 is 0 Å². The van der Waals surface area contributed by atoms with E-state index in [-0.39, 0.29) is 11.5 Å². The summed E-state index contributed by atoms with van der Waals surface area (Å²) in [6.07, 6.45) is 0. The molecule has 1 rings (SSSR count). The molecular formula is C9H6ClNOS. The molecule has 1 aromatic carbocycles. The molecule has 0 aliphatic carbocycles. The van der Waals surface area contributed by atoms with Crippen molar-refractivity contribution in [3.8, 4) is 5.40 Å². The number of carbonyl (C=O) groups is 1. The highest BCUT2D eigenvalue weighted by molar-refractivity contribution is 8.04. The SMILES string of the molecule is N#CSCC(=O)c1ccccc1Cl. The van der Waals surface area contributed by atoms with E-state index in [1.807, 2.05) is 5.40 Å². The van der Waals surface area contributed by atoms with Crippen molar-refractivity contribution in [2.45, 2.75) is 0 Å². The van der Waals surface area contributed by atoms with Crippen molar-refractivity contribution in [1.29, 1.82) is 5.26 Å². The first-order valence-corrected chi connectivity index (χ1v) is 4.90. The minimum absolute atomic E-state index is 0.114. The normalized spacial score (nSPS) is 9.23. The van der Waals surface area contributed by atoms with Gasteiger partial charge in [-0.1, -0.05) is 23.7 Å². The molecular weight excluding hydrogens is 206 g/mol. The number of nitrogens with zero attached hydrogens (tertiary/aromatic N) is 1. The number of thioether (sulfide) groups is 1. The Balaban J connectivity index is 2.78. The number of halogens is 1. The van der Waals surface area contributed by atoms with Gasteiger partial charge in [0.1, 0.15) is 5.40 Å². The van der Waals surface area contributed by atoms with Crippen LogP contribution in [0.15, 0.2) is 24.3 Å². The minimum Gasteiger partial charge on any atom is -0.293 e. The van der Waals surface area contributed by atoms with E-state index < -0.39 is 0 Å². The first-order chi connectivity index (χ1) is 6.25. The van der Waals surface area contributed by atoms with E-state index in [2.05, 4.69) is 0 Å². The summed E-state index contributed by atoms with van der Waals surface area (Å²) in [4.78, 5) is 11.4. The fraction of sp³-hybridized carbons (Fsp3) is 0.111. The lowest BCUT2D eigenvalue weighted by atomic mass is 10.1. The molecule has 0 atom stereocenters. The number of Topliss-reactive ketones (excluding diaryl/α,β-unsaturated/α-hetero) is 1. The van der Waals surface area contributed by atoms with Gasteiger partial charge in [-0.05, 0) is 23.9 Å². The molecule has 0 aromatic heterocycles. The molecule has 0 unspecified atom stereocenters. The van der Waals surface area contributed by atoms with Gasteiger partial charge in [0, 0.05) is 5.56 Å². The third-order valence-electron chi connectivity index (χ3n) is 1.44. The Kier molecular flexibility index (Phi) is 3.81. The maximum absolute atomic E-state index is 11.4. The van der Waals surface area contributed by atoms with E-state index in [0.29, 0.717) is 10.6 Å². The third-order valence-corrected chi connectivity index (χ3v) is 2.31. The van der Waals surface area contributed by atoms with E-state index >= 15 is 0 Å². The van der Waals surface area contributed by atoms with Crippen LogP contribution in [0.1, 0.15) is 10.4 Å². The second kappa shape index (κ2) is 4.90. The Morgan fingerprint density at radius 3 is 2.85 bits per heavy atom. The van der Waals surface area contributed by atoms with E-state index in [0.717, 1.165) is 11.8 Å². The molecule has 0 saturated carbocycles. The predicted molar refractivity (Wildman–Crippen MR) is 53.9 cm³/mol. The maximum atomic E-state index is 11.4. The Morgan fingerprint density at radius 1 is 1.54 bits per heavy atom.